The third-order valence-electron chi connectivity index (χ3n) is 5.81. The molecule has 31 heavy (non-hydrogen) atoms. The molecule has 170 valence electrons. The molecule has 0 saturated carbocycles. The van der Waals surface area contributed by atoms with E-state index in [1.807, 2.05) is 38.1 Å². The Morgan fingerprint density at radius 2 is 1.68 bits per heavy atom. The van der Waals surface area contributed by atoms with Crippen molar-refractivity contribution in [1.29, 1.82) is 0 Å². The summed E-state index contributed by atoms with van der Waals surface area (Å²) in [4.78, 5) is 43.2. The van der Waals surface area contributed by atoms with Gasteiger partial charge in [0.1, 0.15) is 5.75 Å². The SMILES string of the molecule is COc1ccc(CNC(=O)N2CCN(C(=O)NC(C)C)CC3(CC(=O)N(C)C3)C2)cc1. The van der Waals surface area contributed by atoms with Gasteiger partial charge in [-0.2, -0.15) is 0 Å². The van der Waals surface area contributed by atoms with Crippen LogP contribution in [0.5, 0.6) is 5.75 Å². The molecule has 1 unspecified atom stereocenters. The Labute approximate surface area is 183 Å². The molecule has 1 aromatic carbocycles. The molecule has 0 bridgehead atoms. The van der Waals surface area contributed by atoms with Crippen molar-refractivity contribution in [1.82, 2.24) is 25.3 Å². The maximum absolute atomic E-state index is 13.0. The van der Waals surface area contributed by atoms with Gasteiger partial charge >= 0.3 is 12.1 Å². The molecule has 0 aromatic heterocycles. The van der Waals surface area contributed by atoms with Gasteiger partial charge in [0.25, 0.3) is 0 Å². The molecular formula is C22H33N5O4. The number of benzene rings is 1. The van der Waals surface area contributed by atoms with Crippen LogP contribution in [-0.4, -0.2) is 85.6 Å². The molecule has 2 N–H and O–H groups in total. The standard InChI is InChI=1S/C22H33N5O4/c1-16(2)24-21(30)27-10-9-26(14-22(15-27)11-19(28)25(3)13-22)20(29)23-12-17-5-7-18(31-4)8-6-17/h5-8,16H,9-15H2,1-4H3,(H,23,29)(H,24,30). The summed E-state index contributed by atoms with van der Waals surface area (Å²) in [5, 5.41) is 5.90. The number of carbonyl (C=O) groups excluding carboxylic acids is 3. The summed E-state index contributed by atoms with van der Waals surface area (Å²) in [7, 11) is 3.39. The molecule has 2 aliphatic rings. The van der Waals surface area contributed by atoms with E-state index in [-0.39, 0.29) is 24.0 Å². The predicted molar refractivity (Wildman–Crippen MR) is 117 cm³/mol. The predicted octanol–water partition coefficient (Wildman–Crippen LogP) is 1.49. The molecule has 0 radical (unpaired) electrons. The van der Waals surface area contributed by atoms with Gasteiger partial charge < -0.3 is 30.1 Å². The third-order valence-corrected chi connectivity index (χ3v) is 5.81. The second-order valence-corrected chi connectivity index (χ2v) is 8.88. The fourth-order valence-corrected chi connectivity index (χ4v) is 4.29. The Morgan fingerprint density at radius 1 is 1.06 bits per heavy atom. The highest BCUT2D eigenvalue weighted by atomic mass is 16.5. The Kier molecular flexibility index (Phi) is 6.92. The monoisotopic (exact) mass is 431 g/mol. The summed E-state index contributed by atoms with van der Waals surface area (Å²) in [6.45, 7) is 6.47. The van der Waals surface area contributed by atoms with Crippen LogP contribution in [-0.2, 0) is 11.3 Å². The van der Waals surface area contributed by atoms with Crippen LogP contribution >= 0.6 is 0 Å². The van der Waals surface area contributed by atoms with E-state index in [4.69, 9.17) is 4.74 Å². The Balaban J connectivity index is 1.70. The molecule has 0 aliphatic carbocycles. The largest absolute Gasteiger partial charge is 0.497 e. The minimum absolute atomic E-state index is 0.0171. The number of methoxy groups -OCH3 is 1. The molecule has 2 heterocycles. The Hall–Kier alpha value is -2.97. The minimum Gasteiger partial charge on any atom is -0.497 e. The van der Waals surface area contributed by atoms with Crippen molar-refractivity contribution in [3.63, 3.8) is 0 Å². The Bertz CT molecular complexity index is 813. The number of ether oxygens (including phenoxy) is 1. The van der Waals surface area contributed by atoms with Crippen LogP contribution in [0, 0.1) is 5.41 Å². The van der Waals surface area contributed by atoms with Crippen LogP contribution in [0.25, 0.3) is 0 Å². The molecule has 5 amide bonds. The summed E-state index contributed by atoms with van der Waals surface area (Å²) < 4.78 is 5.16. The molecule has 1 atom stereocenters. The highest BCUT2D eigenvalue weighted by molar-refractivity contribution is 5.81. The quantitative estimate of drug-likeness (QED) is 0.755. The summed E-state index contributed by atoms with van der Waals surface area (Å²) in [5.74, 6) is 0.809. The van der Waals surface area contributed by atoms with Gasteiger partial charge in [-0.3, -0.25) is 4.79 Å². The third kappa shape index (κ3) is 5.59. The molecule has 3 rings (SSSR count). The minimum atomic E-state index is -0.464. The number of nitrogens with one attached hydrogen (secondary N) is 2. The van der Waals surface area contributed by atoms with Gasteiger partial charge in [0.15, 0.2) is 0 Å². The van der Waals surface area contributed by atoms with Gasteiger partial charge in [-0.05, 0) is 31.5 Å². The topological polar surface area (TPSA) is 94.2 Å². The van der Waals surface area contributed by atoms with Gasteiger partial charge in [0, 0.05) is 64.2 Å². The van der Waals surface area contributed by atoms with E-state index in [0.29, 0.717) is 45.7 Å². The zero-order valence-electron chi connectivity index (χ0n) is 18.8. The lowest BCUT2D eigenvalue weighted by atomic mass is 9.86. The summed E-state index contributed by atoms with van der Waals surface area (Å²) in [5.41, 5.74) is 0.501. The number of amides is 5. The van der Waals surface area contributed by atoms with E-state index in [1.165, 1.54) is 0 Å². The van der Waals surface area contributed by atoms with Gasteiger partial charge in [0.2, 0.25) is 5.91 Å². The van der Waals surface area contributed by atoms with Crippen molar-refractivity contribution in [2.45, 2.75) is 32.9 Å². The van der Waals surface area contributed by atoms with Gasteiger partial charge in [0.05, 0.1) is 7.11 Å². The zero-order chi connectivity index (χ0) is 22.6. The smallest absolute Gasteiger partial charge is 0.317 e. The van der Waals surface area contributed by atoms with Crippen molar-refractivity contribution in [2.24, 2.45) is 5.41 Å². The van der Waals surface area contributed by atoms with Gasteiger partial charge in [-0.15, -0.1) is 0 Å². The number of hydrogen-bond acceptors (Lipinski definition) is 4. The van der Waals surface area contributed by atoms with Crippen LogP contribution in [0.2, 0.25) is 0 Å². The normalized spacial score (nSPS) is 21.5. The van der Waals surface area contributed by atoms with Crippen molar-refractivity contribution < 1.29 is 19.1 Å². The fourth-order valence-electron chi connectivity index (χ4n) is 4.29. The van der Waals surface area contributed by atoms with Crippen LogP contribution in [0.4, 0.5) is 9.59 Å². The molecule has 2 saturated heterocycles. The zero-order valence-corrected chi connectivity index (χ0v) is 18.8. The van der Waals surface area contributed by atoms with Crippen molar-refractivity contribution in [3.8, 4) is 5.75 Å². The number of carbonyl (C=O) groups is 3. The summed E-state index contributed by atoms with van der Waals surface area (Å²) in [6, 6.07) is 7.20. The Morgan fingerprint density at radius 3 is 2.19 bits per heavy atom. The second-order valence-electron chi connectivity index (χ2n) is 8.88. The first-order valence-electron chi connectivity index (χ1n) is 10.7. The molecule has 9 nitrogen and oxygen atoms in total. The average Bonchev–Trinajstić information content (AvgIpc) is 2.88. The molecule has 9 heteroatoms. The number of nitrogens with zero attached hydrogens (tertiary/aromatic N) is 3. The second kappa shape index (κ2) is 9.45. The lowest BCUT2D eigenvalue weighted by Crippen LogP contribution is -2.49. The van der Waals surface area contributed by atoms with Crippen molar-refractivity contribution in [2.75, 3.05) is 46.9 Å². The lowest BCUT2D eigenvalue weighted by Gasteiger charge is -2.33. The molecule has 2 fully saturated rings. The highest BCUT2D eigenvalue weighted by Gasteiger charge is 2.47. The van der Waals surface area contributed by atoms with Crippen molar-refractivity contribution >= 4 is 18.0 Å². The maximum atomic E-state index is 13.0. The first kappa shape index (κ1) is 22.7. The van der Waals surface area contributed by atoms with Crippen LogP contribution in [0.3, 0.4) is 0 Å². The molecular weight excluding hydrogens is 398 g/mol. The van der Waals surface area contributed by atoms with E-state index in [0.717, 1.165) is 11.3 Å². The summed E-state index contributed by atoms with van der Waals surface area (Å²) >= 11 is 0. The molecule has 1 aromatic rings. The molecule has 2 aliphatic heterocycles. The van der Waals surface area contributed by atoms with E-state index < -0.39 is 5.41 Å². The average molecular weight is 432 g/mol. The van der Waals surface area contributed by atoms with E-state index in [1.54, 1.807) is 28.9 Å². The molecule has 1 spiro atoms. The number of hydrogen-bond donors (Lipinski definition) is 2. The number of urea groups is 2. The van der Waals surface area contributed by atoms with Gasteiger partial charge in [-0.25, -0.2) is 9.59 Å². The lowest BCUT2D eigenvalue weighted by molar-refractivity contribution is -0.126. The van der Waals surface area contributed by atoms with Crippen molar-refractivity contribution in [3.05, 3.63) is 29.8 Å². The van der Waals surface area contributed by atoms with Crippen LogP contribution < -0.4 is 15.4 Å². The fraction of sp³-hybridized carbons (Fsp3) is 0.591. The summed E-state index contributed by atoms with van der Waals surface area (Å²) in [6.07, 6.45) is 0.331. The van der Waals surface area contributed by atoms with Crippen LogP contribution in [0.1, 0.15) is 25.8 Å². The van der Waals surface area contributed by atoms with E-state index in [9.17, 15) is 14.4 Å². The van der Waals surface area contributed by atoms with E-state index >= 15 is 0 Å². The highest BCUT2D eigenvalue weighted by Crippen LogP contribution is 2.34. The van der Waals surface area contributed by atoms with E-state index in [2.05, 4.69) is 10.6 Å². The van der Waals surface area contributed by atoms with Crippen LogP contribution in [0.15, 0.2) is 24.3 Å². The number of rotatable bonds is 4. The maximum Gasteiger partial charge on any atom is 0.317 e. The first-order chi connectivity index (χ1) is 14.7. The first-order valence-corrected chi connectivity index (χ1v) is 10.7. The van der Waals surface area contributed by atoms with Gasteiger partial charge in [-0.1, -0.05) is 12.1 Å². The number of likely N-dealkylation sites (tertiary alicyclic amines) is 1.